The molecule has 0 radical (unpaired) electrons. The highest BCUT2D eigenvalue weighted by Crippen LogP contribution is 2.38. The summed E-state index contributed by atoms with van der Waals surface area (Å²) in [5.74, 6) is 1.81. The van der Waals surface area contributed by atoms with Crippen molar-refractivity contribution in [2.45, 2.75) is 72.3 Å². The van der Waals surface area contributed by atoms with Crippen LogP contribution in [0.25, 0.3) is 5.69 Å². The van der Waals surface area contributed by atoms with Crippen LogP contribution >= 0.6 is 0 Å². The highest BCUT2D eigenvalue weighted by molar-refractivity contribution is 5.94. The first-order valence-electron chi connectivity index (χ1n) is 13.9. The first kappa shape index (κ1) is 26.8. The molecule has 0 aliphatic heterocycles. The number of hydrogen-bond acceptors (Lipinski definition) is 4. The Morgan fingerprint density at radius 1 is 1.08 bits per heavy atom. The minimum Gasteiger partial charge on any atom is -0.494 e. The molecule has 1 aliphatic rings. The van der Waals surface area contributed by atoms with E-state index < -0.39 is 0 Å². The summed E-state index contributed by atoms with van der Waals surface area (Å²) in [6.07, 6.45) is 9.33. The second kappa shape index (κ2) is 12.8. The van der Waals surface area contributed by atoms with Crippen LogP contribution in [0.2, 0.25) is 0 Å². The quantitative estimate of drug-likeness (QED) is 0.298. The number of amides is 1. The van der Waals surface area contributed by atoms with Gasteiger partial charge in [-0.15, -0.1) is 0 Å². The number of carbonyl (C=O) groups excluding carboxylic acids is 1. The highest BCUT2D eigenvalue weighted by atomic mass is 16.5. The van der Waals surface area contributed by atoms with Crippen LogP contribution in [0, 0.1) is 11.8 Å². The molecular formula is C31H42N4O2. The number of nitrogens with zero attached hydrogens (tertiary/aromatic N) is 2. The van der Waals surface area contributed by atoms with Crippen LogP contribution in [0.1, 0.15) is 87.5 Å². The van der Waals surface area contributed by atoms with Crippen molar-refractivity contribution >= 4 is 11.6 Å². The van der Waals surface area contributed by atoms with E-state index in [1.165, 1.54) is 37.7 Å². The van der Waals surface area contributed by atoms with E-state index in [9.17, 15) is 4.79 Å². The number of ether oxygens (including phenoxy) is 1. The van der Waals surface area contributed by atoms with Gasteiger partial charge in [-0.25, -0.2) is 4.68 Å². The van der Waals surface area contributed by atoms with E-state index in [-0.39, 0.29) is 11.9 Å². The average molecular weight is 503 g/mol. The molecule has 4 rings (SSSR count). The van der Waals surface area contributed by atoms with Crippen molar-refractivity contribution in [1.29, 1.82) is 0 Å². The molecule has 6 heteroatoms. The van der Waals surface area contributed by atoms with E-state index in [1.54, 1.807) is 0 Å². The SMILES string of the molecule is CCOc1cccc(-n2cc(C(Nc3ccc(C(=O)NCC(C)C)cc3)C3CCCCC3)c(CC)n2)c1. The fourth-order valence-electron chi connectivity index (χ4n) is 5.19. The molecule has 1 amide bonds. The number of carbonyl (C=O) groups is 1. The fraction of sp³-hybridized carbons (Fsp3) is 0.484. The Labute approximate surface area is 221 Å². The number of anilines is 1. The van der Waals surface area contributed by atoms with E-state index >= 15 is 0 Å². The zero-order chi connectivity index (χ0) is 26.2. The molecule has 1 aliphatic carbocycles. The Morgan fingerprint density at radius 2 is 1.84 bits per heavy atom. The van der Waals surface area contributed by atoms with Gasteiger partial charge in [0.25, 0.3) is 5.91 Å². The minimum absolute atomic E-state index is 0.0205. The predicted molar refractivity (Wildman–Crippen MR) is 151 cm³/mol. The predicted octanol–water partition coefficient (Wildman–Crippen LogP) is 6.95. The van der Waals surface area contributed by atoms with E-state index in [0.29, 0.717) is 30.6 Å². The van der Waals surface area contributed by atoms with Gasteiger partial charge < -0.3 is 15.4 Å². The van der Waals surface area contributed by atoms with Gasteiger partial charge in [-0.2, -0.15) is 5.10 Å². The average Bonchev–Trinajstić information content (AvgIpc) is 3.36. The van der Waals surface area contributed by atoms with Gasteiger partial charge in [0.1, 0.15) is 5.75 Å². The van der Waals surface area contributed by atoms with Crippen LogP contribution in [0.3, 0.4) is 0 Å². The third kappa shape index (κ3) is 6.94. The summed E-state index contributed by atoms with van der Waals surface area (Å²) in [6.45, 7) is 9.69. The van der Waals surface area contributed by atoms with Gasteiger partial charge in [-0.05, 0) is 74.4 Å². The summed E-state index contributed by atoms with van der Waals surface area (Å²) >= 11 is 0. The second-order valence-electron chi connectivity index (χ2n) is 10.5. The Hall–Kier alpha value is -3.28. The second-order valence-corrected chi connectivity index (χ2v) is 10.5. The summed E-state index contributed by atoms with van der Waals surface area (Å²) < 4.78 is 7.72. The van der Waals surface area contributed by atoms with Crippen LogP contribution in [0.4, 0.5) is 5.69 Å². The Morgan fingerprint density at radius 3 is 2.51 bits per heavy atom. The molecule has 1 fully saturated rings. The van der Waals surface area contributed by atoms with Crippen molar-refractivity contribution in [2.75, 3.05) is 18.5 Å². The molecule has 37 heavy (non-hydrogen) atoms. The third-order valence-corrected chi connectivity index (χ3v) is 7.15. The van der Waals surface area contributed by atoms with Gasteiger partial charge >= 0.3 is 0 Å². The van der Waals surface area contributed by atoms with Crippen molar-refractivity contribution in [3.63, 3.8) is 0 Å². The molecule has 3 aromatic rings. The van der Waals surface area contributed by atoms with Crippen molar-refractivity contribution in [3.8, 4) is 11.4 Å². The van der Waals surface area contributed by atoms with Crippen LogP contribution in [-0.2, 0) is 6.42 Å². The molecule has 6 nitrogen and oxygen atoms in total. The van der Waals surface area contributed by atoms with E-state index in [0.717, 1.165) is 29.2 Å². The standard InChI is InChI=1S/C31H42N4O2/c1-5-29-28(21-35(34-29)26-13-10-14-27(19-26)37-6-2)30(23-11-8-7-9-12-23)33-25-17-15-24(16-18-25)31(36)32-20-22(3)4/h10,13-19,21-23,30,33H,5-9,11-12,20H2,1-4H3,(H,32,36). The van der Waals surface area contributed by atoms with Gasteiger partial charge in [0.15, 0.2) is 0 Å². The molecule has 1 heterocycles. The first-order chi connectivity index (χ1) is 18.0. The van der Waals surface area contributed by atoms with Crippen LogP contribution in [0.15, 0.2) is 54.7 Å². The zero-order valence-corrected chi connectivity index (χ0v) is 22.8. The number of hydrogen-bond donors (Lipinski definition) is 2. The molecule has 2 N–H and O–H groups in total. The number of rotatable bonds is 11. The molecule has 2 aromatic carbocycles. The van der Waals surface area contributed by atoms with Crippen LogP contribution in [-0.4, -0.2) is 28.8 Å². The van der Waals surface area contributed by atoms with E-state index in [2.05, 4.69) is 43.7 Å². The van der Waals surface area contributed by atoms with Gasteiger partial charge in [0.2, 0.25) is 0 Å². The van der Waals surface area contributed by atoms with E-state index in [1.807, 2.05) is 54.1 Å². The van der Waals surface area contributed by atoms with Crippen molar-refractivity contribution < 1.29 is 9.53 Å². The number of aromatic nitrogens is 2. The summed E-state index contributed by atoms with van der Waals surface area (Å²) in [6, 6.07) is 16.2. The monoisotopic (exact) mass is 502 g/mol. The van der Waals surface area contributed by atoms with Gasteiger partial charge in [-0.3, -0.25) is 4.79 Å². The lowest BCUT2D eigenvalue weighted by Gasteiger charge is -2.32. The number of nitrogens with one attached hydrogen (secondary N) is 2. The summed E-state index contributed by atoms with van der Waals surface area (Å²) in [5.41, 5.74) is 5.11. The normalized spacial score (nSPS) is 14.9. The summed E-state index contributed by atoms with van der Waals surface area (Å²) in [5, 5.41) is 11.8. The lowest BCUT2D eigenvalue weighted by atomic mass is 9.81. The largest absolute Gasteiger partial charge is 0.494 e. The summed E-state index contributed by atoms with van der Waals surface area (Å²) in [7, 11) is 0. The lowest BCUT2D eigenvalue weighted by molar-refractivity contribution is 0.0949. The van der Waals surface area contributed by atoms with Crippen LogP contribution < -0.4 is 15.4 Å². The fourth-order valence-corrected chi connectivity index (χ4v) is 5.19. The van der Waals surface area contributed by atoms with Crippen molar-refractivity contribution in [2.24, 2.45) is 11.8 Å². The van der Waals surface area contributed by atoms with Gasteiger partial charge in [0, 0.05) is 35.6 Å². The van der Waals surface area contributed by atoms with Gasteiger partial charge in [0.05, 0.1) is 24.0 Å². The maximum Gasteiger partial charge on any atom is 0.251 e. The molecule has 1 saturated carbocycles. The molecule has 1 unspecified atom stereocenters. The molecule has 1 aromatic heterocycles. The summed E-state index contributed by atoms with van der Waals surface area (Å²) in [4.78, 5) is 12.5. The van der Waals surface area contributed by atoms with Crippen LogP contribution in [0.5, 0.6) is 5.75 Å². The minimum atomic E-state index is -0.0205. The van der Waals surface area contributed by atoms with Crippen molar-refractivity contribution in [3.05, 3.63) is 71.5 Å². The smallest absolute Gasteiger partial charge is 0.251 e. The number of benzene rings is 2. The third-order valence-electron chi connectivity index (χ3n) is 7.15. The highest BCUT2D eigenvalue weighted by Gasteiger charge is 2.29. The maximum absolute atomic E-state index is 12.5. The molecule has 1 atom stereocenters. The molecular weight excluding hydrogens is 460 g/mol. The van der Waals surface area contributed by atoms with E-state index in [4.69, 9.17) is 9.84 Å². The Kier molecular flexibility index (Phi) is 9.26. The Balaban J connectivity index is 1.61. The Bertz CT molecular complexity index is 1150. The molecule has 0 saturated heterocycles. The molecule has 0 spiro atoms. The molecule has 198 valence electrons. The van der Waals surface area contributed by atoms with Gasteiger partial charge in [-0.1, -0.05) is 46.1 Å². The maximum atomic E-state index is 12.5. The molecule has 0 bridgehead atoms. The lowest BCUT2D eigenvalue weighted by Crippen LogP contribution is -2.27. The van der Waals surface area contributed by atoms with Crippen molar-refractivity contribution in [1.82, 2.24) is 15.1 Å². The number of aryl methyl sites for hydroxylation is 1. The topological polar surface area (TPSA) is 68.2 Å². The first-order valence-corrected chi connectivity index (χ1v) is 13.9. The zero-order valence-electron chi connectivity index (χ0n) is 22.8.